The summed E-state index contributed by atoms with van der Waals surface area (Å²) >= 11 is 0. The molecule has 2 atom stereocenters. The van der Waals surface area contributed by atoms with Crippen molar-refractivity contribution in [2.45, 2.75) is 51.9 Å². The number of aliphatic hydroxyl groups is 1. The molecule has 128 valence electrons. The summed E-state index contributed by atoms with van der Waals surface area (Å²) in [6.07, 6.45) is 0.397. The molecule has 2 N–H and O–H groups in total. The van der Waals surface area contributed by atoms with Gasteiger partial charge in [-0.2, -0.15) is 0 Å². The van der Waals surface area contributed by atoms with Crippen LogP contribution in [-0.2, 0) is 6.54 Å². The van der Waals surface area contributed by atoms with E-state index in [1.54, 1.807) is 0 Å². The first-order valence-corrected chi connectivity index (χ1v) is 8.51. The first-order chi connectivity index (χ1) is 11.0. The van der Waals surface area contributed by atoms with Crippen molar-refractivity contribution in [1.29, 1.82) is 0 Å². The smallest absolute Gasteiger partial charge is 0.317 e. The maximum absolute atomic E-state index is 12.3. The summed E-state index contributed by atoms with van der Waals surface area (Å²) < 4.78 is 0. The van der Waals surface area contributed by atoms with Gasteiger partial charge in [0.15, 0.2) is 0 Å². The summed E-state index contributed by atoms with van der Waals surface area (Å²) in [5.41, 5.74) is 1.23. The topological polar surface area (TPSA) is 55.8 Å². The molecule has 1 aromatic carbocycles. The second-order valence-corrected chi connectivity index (χ2v) is 6.52. The number of carbonyl (C=O) groups excluding carboxylic acids is 1. The van der Waals surface area contributed by atoms with Crippen molar-refractivity contribution in [2.24, 2.45) is 0 Å². The zero-order valence-corrected chi connectivity index (χ0v) is 14.4. The van der Waals surface area contributed by atoms with E-state index >= 15 is 0 Å². The van der Waals surface area contributed by atoms with Crippen LogP contribution >= 0.6 is 0 Å². The fourth-order valence-electron chi connectivity index (χ4n) is 3.23. The van der Waals surface area contributed by atoms with Gasteiger partial charge in [-0.15, -0.1) is 0 Å². The van der Waals surface area contributed by atoms with Gasteiger partial charge in [-0.05, 0) is 32.8 Å². The molecule has 1 aliphatic heterocycles. The van der Waals surface area contributed by atoms with Gasteiger partial charge in [0.2, 0.25) is 0 Å². The third kappa shape index (κ3) is 4.94. The SMILES string of the molecule is CCN(C(=O)NCC1CC(O)CN1Cc1ccccc1)C(C)C. The molecule has 0 bridgehead atoms. The second-order valence-electron chi connectivity index (χ2n) is 6.52. The minimum Gasteiger partial charge on any atom is -0.392 e. The van der Waals surface area contributed by atoms with Crippen LogP contribution in [0.3, 0.4) is 0 Å². The van der Waals surface area contributed by atoms with Gasteiger partial charge in [-0.1, -0.05) is 30.3 Å². The van der Waals surface area contributed by atoms with E-state index in [-0.39, 0.29) is 24.2 Å². The highest BCUT2D eigenvalue weighted by atomic mass is 16.3. The van der Waals surface area contributed by atoms with Crippen molar-refractivity contribution >= 4 is 6.03 Å². The number of hydrogen-bond donors (Lipinski definition) is 2. The largest absolute Gasteiger partial charge is 0.392 e. The molecule has 0 radical (unpaired) electrons. The van der Waals surface area contributed by atoms with Gasteiger partial charge in [-0.25, -0.2) is 4.79 Å². The Morgan fingerprint density at radius 1 is 1.39 bits per heavy atom. The van der Waals surface area contributed by atoms with Gasteiger partial charge in [0.05, 0.1) is 6.10 Å². The van der Waals surface area contributed by atoms with E-state index in [2.05, 4.69) is 22.3 Å². The Kier molecular flexibility index (Phi) is 6.42. The number of nitrogens with one attached hydrogen (secondary N) is 1. The molecular weight excluding hydrogens is 290 g/mol. The molecule has 1 aromatic rings. The van der Waals surface area contributed by atoms with Crippen molar-refractivity contribution in [3.8, 4) is 0 Å². The highest BCUT2D eigenvalue weighted by Crippen LogP contribution is 2.20. The number of aliphatic hydroxyl groups excluding tert-OH is 1. The first kappa shape index (κ1) is 17.8. The Labute approximate surface area is 139 Å². The molecule has 1 aliphatic rings. The number of likely N-dealkylation sites (tertiary alicyclic amines) is 1. The summed E-state index contributed by atoms with van der Waals surface area (Å²) in [5, 5.41) is 13.0. The standard InChI is InChI=1S/C18H29N3O2/c1-4-21(14(2)3)18(23)19-11-16-10-17(22)13-20(16)12-15-8-6-5-7-9-15/h5-9,14,16-17,22H,4,10-13H2,1-3H3,(H,19,23). The van der Waals surface area contributed by atoms with Gasteiger partial charge in [-0.3, -0.25) is 4.90 Å². The van der Waals surface area contributed by atoms with Crippen LogP contribution in [0.1, 0.15) is 32.8 Å². The van der Waals surface area contributed by atoms with Crippen LogP contribution in [0.4, 0.5) is 4.79 Å². The van der Waals surface area contributed by atoms with Crippen LogP contribution in [0, 0.1) is 0 Å². The summed E-state index contributed by atoms with van der Waals surface area (Å²) in [6, 6.07) is 10.6. The molecule has 2 amide bonds. The van der Waals surface area contributed by atoms with Crippen molar-refractivity contribution in [1.82, 2.24) is 15.1 Å². The lowest BCUT2D eigenvalue weighted by Crippen LogP contribution is -2.47. The number of carbonyl (C=O) groups is 1. The highest BCUT2D eigenvalue weighted by Gasteiger charge is 2.31. The van der Waals surface area contributed by atoms with Crippen LogP contribution in [0.15, 0.2) is 30.3 Å². The lowest BCUT2D eigenvalue weighted by molar-refractivity contribution is 0.170. The second kappa shape index (κ2) is 8.31. The fraction of sp³-hybridized carbons (Fsp3) is 0.611. The lowest BCUT2D eigenvalue weighted by Gasteiger charge is -2.28. The van der Waals surface area contributed by atoms with Gasteiger partial charge in [0.1, 0.15) is 0 Å². The van der Waals surface area contributed by atoms with E-state index in [0.29, 0.717) is 26.1 Å². The Morgan fingerprint density at radius 2 is 2.09 bits per heavy atom. The van der Waals surface area contributed by atoms with E-state index < -0.39 is 0 Å². The van der Waals surface area contributed by atoms with E-state index in [1.807, 2.05) is 43.9 Å². The average Bonchev–Trinajstić information content (AvgIpc) is 2.86. The number of benzene rings is 1. The minimum absolute atomic E-state index is 0.0245. The number of rotatable bonds is 6. The van der Waals surface area contributed by atoms with Crippen LogP contribution in [0.2, 0.25) is 0 Å². The molecule has 0 aromatic heterocycles. The molecule has 23 heavy (non-hydrogen) atoms. The monoisotopic (exact) mass is 319 g/mol. The van der Waals surface area contributed by atoms with Crippen molar-refractivity contribution in [2.75, 3.05) is 19.6 Å². The van der Waals surface area contributed by atoms with Crippen LogP contribution in [-0.4, -0.2) is 58.8 Å². The van der Waals surface area contributed by atoms with Crippen LogP contribution in [0.25, 0.3) is 0 Å². The normalized spacial score (nSPS) is 21.6. The first-order valence-electron chi connectivity index (χ1n) is 8.51. The maximum Gasteiger partial charge on any atom is 0.317 e. The molecule has 0 saturated carbocycles. The predicted molar refractivity (Wildman–Crippen MR) is 92.2 cm³/mol. The number of β-amino-alcohol motifs (C(OH)–C–C–N with tert-alkyl or cyclic N) is 1. The lowest BCUT2D eigenvalue weighted by atomic mass is 10.1. The molecule has 5 heteroatoms. The Morgan fingerprint density at radius 3 is 2.70 bits per heavy atom. The molecule has 1 fully saturated rings. The summed E-state index contributed by atoms with van der Waals surface area (Å²) in [7, 11) is 0. The molecule has 1 heterocycles. The summed E-state index contributed by atoms with van der Waals surface area (Å²) in [5.74, 6) is 0. The Balaban J connectivity index is 1.91. The number of amides is 2. The van der Waals surface area contributed by atoms with E-state index in [4.69, 9.17) is 0 Å². The van der Waals surface area contributed by atoms with E-state index in [9.17, 15) is 9.90 Å². The molecule has 0 spiro atoms. The predicted octanol–water partition coefficient (Wildman–Crippen LogP) is 2.06. The Hall–Kier alpha value is -1.59. The van der Waals surface area contributed by atoms with Crippen LogP contribution < -0.4 is 5.32 Å². The number of nitrogens with zero attached hydrogens (tertiary/aromatic N) is 2. The highest BCUT2D eigenvalue weighted by molar-refractivity contribution is 5.74. The minimum atomic E-state index is -0.312. The van der Waals surface area contributed by atoms with Crippen molar-refractivity contribution < 1.29 is 9.90 Å². The summed E-state index contributed by atoms with van der Waals surface area (Å²) in [6.45, 7) is 8.77. The van der Waals surface area contributed by atoms with Crippen molar-refractivity contribution in [3.63, 3.8) is 0 Å². The van der Waals surface area contributed by atoms with E-state index in [1.165, 1.54) is 5.56 Å². The van der Waals surface area contributed by atoms with Crippen LogP contribution in [0.5, 0.6) is 0 Å². The molecule has 2 unspecified atom stereocenters. The number of urea groups is 1. The zero-order valence-electron chi connectivity index (χ0n) is 14.4. The molecule has 5 nitrogen and oxygen atoms in total. The number of hydrogen-bond acceptors (Lipinski definition) is 3. The molecule has 0 aliphatic carbocycles. The van der Waals surface area contributed by atoms with E-state index in [0.717, 1.165) is 6.54 Å². The zero-order chi connectivity index (χ0) is 16.8. The maximum atomic E-state index is 12.3. The third-order valence-corrected chi connectivity index (χ3v) is 4.45. The quantitative estimate of drug-likeness (QED) is 0.844. The third-order valence-electron chi connectivity index (χ3n) is 4.45. The van der Waals surface area contributed by atoms with Gasteiger partial charge in [0, 0.05) is 38.3 Å². The fourth-order valence-corrected chi connectivity index (χ4v) is 3.23. The summed E-state index contributed by atoms with van der Waals surface area (Å²) in [4.78, 5) is 16.3. The molecular formula is C18H29N3O2. The van der Waals surface area contributed by atoms with Gasteiger partial charge in [0.25, 0.3) is 0 Å². The molecule has 1 saturated heterocycles. The average molecular weight is 319 g/mol. The van der Waals surface area contributed by atoms with Gasteiger partial charge < -0.3 is 15.3 Å². The van der Waals surface area contributed by atoms with Gasteiger partial charge >= 0.3 is 6.03 Å². The molecule has 2 rings (SSSR count). The Bertz CT molecular complexity index is 492. The van der Waals surface area contributed by atoms with Crippen molar-refractivity contribution in [3.05, 3.63) is 35.9 Å².